The van der Waals surface area contributed by atoms with Gasteiger partial charge in [0.2, 0.25) is 0 Å². The Hall–Kier alpha value is -0.160. The molecule has 0 saturated heterocycles. The topological polar surface area (TPSA) is 20.2 Å². The van der Waals surface area contributed by atoms with Gasteiger partial charge in [-0.3, -0.25) is 0 Å². The summed E-state index contributed by atoms with van der Waals surface area (Å²) in [6.07, 6.45) is 11.7. The van der Waals surface area contributed by atoms with Gasteiger partial charge >= 0.3 is 0 Å². The number of alkyl halides is 1. The SMILES string of the molecule is CCCCCCCC(Br)CCC#CO. The van der Waals surface area contributed by atoms with Crippen LogP contribution in [-0.4, -0.2) is 9.93 Å². The molecular weight excluding hydrogens is 240 g/mol. The van der Waals surface area contributed by atoms with Crippen LogP contribution in [0.3, 0.4) is 0 Å². The second-order valence-electron chi connectivity index (χ2n) is 3.63. The van der Waals surface area contributed by atoms with Crippen LogP contribution < -0.4 is 0 Å². The average molecular weight is 261 g/mol. The molecule has 0 spiro atoms. The lowest BCUT2D eigenvalue weighted by Crippen LogP contribution is -1.96. The molecule has 82 valence electrons. The molecule has 0 bridgehead atoms. The summed E-state index contributed by atoms with van der Waals surface area (Å²) < 4.78 is 0. The van der Waals surface area contributed by atoms with Crippen molar-refractivity contribution in [3.63, 3.8) is 0 Å². The molecule has 0 saturated carbocycles. The maximum Gasteiger partial charge on any atom is 0.107 e. The van der Waals surface area contributed by atoms with Crippen molar-refractivity contribution in [1.29, 1.82) is 0 Å². The third-order valence-electron chi connectivity index (χ3n) is 2.28. The summed E-state index contributed by atoms with van der Waals surface area (Å²) in [6, 6.07) is 0. The van der Waals surface area contributed by atoms with Gasteiger partial charge in [0.1, 0.15) is 6.11 Å². The average Bonchev–Trinajstić information content (AvgIpc) is 2.18. The highest BCUT2D eigenvalue weighted by molar-refractivity contribution is 9.09. The molecule has 0 radical (unpaired) electrons. The number of rotatable bonds is 8. The van der Waals surface area contributed by atoms with Crippen LogP contribution in [0.15, 0.2) is 0 Å². The van der Waals surface area contributed by atoms with E-state index in [2.05, 4.69) is 28.8 Å². The van der Waals surface area contributed by atoms with E-state index in [1.54, 1.807) is 0 Å². The van der Waals surface area contributed by atoms with Crippen LogP contribution in [0.5, 0.6) is 0 Å². The molecule has 1 unspecified atom stereocenters. The van der Waals surface area contributed by atoms with Gasteiger partial charge in [-0.05, 0) is 12.8 Å². The normalized spacial score (nSPS) is 11.9. The van der Waals surface area contributed by atoms with Gasteiger partial charge in [-0.15, -0.1) is 0 Å². The lowest BCUT2D eigenvalue weighted by molar-refractivity contribution is 0.515. The molecule has 14 heavy (non-hydrogen) atoms. The number of halogens is 1. The molecule has 0 aromatic carbocycles. The molecule has 0 rings (SSSR count). The Kier molecular flexibility index (Phi) is 10.8. The summed E-state index contributed by atoms with van der Waals surface area (Å²) in [5.74, 6) is 2.67. The van der Waals surface area contributed by atoms with Crippen molar-refractivity contribution >= 4 is 15.9 Å². The quantitative estimate of drug-likeness (QED) is 0.394. The first kappa shape index (κ1) is 13.8. The smallest absolute Gasteiger partial charge is 0.107 e. The van der Waals surface area contributed by atoms with E-state index in [1.165, 1.54) is 38.5 Å². The first-order chi connectivity index (χ1) is 6.81. The summed E-state index contributed by atoms with van der Waals surface area (Å²) in [4.78, 5) is 0.574. The first-order valence-electron chi connectivity index (χ1n) is 5.57. The minimum absolute atomic E-state index is 0.574. The zero-order chi connectivity index (χ0) is 10.6. The zero-order valence-corrected chi connectivity index (χ0v) is 10.6. The molecule has 0 aliphatic heterocycles. The van der Waals surface area contributed by atoms with Crippen molar-refractivity contribution in [2.24, 2.45) is 0 Å². The van der Waals surface area contributed by atoms with Crippen LogP contribution in [0.25, 0.3) is 0 Å². The van der Waals surface area contributed by atoms with Gasteiger partial charge in [-0.1, -0.05) is 60.9 Å². The van der Waals surface area contributed by atoms with Crippen LogP contribution in [0.2, 0.25) is 0 Å². The van der Waals surface area contributed by atoms with E-state index < -0.39 is 0 Å². The van der Waals surface area contributed by atoms with Gasteiger partial charge in [0.25, 0.3) is 0 Å². The van der Waals surface area contributed by atoms with E-state index in [0.29, 0.717) is 4.83 Å². The van der Waals surface area contributed by atoms with Crippen molar-refractivity contribution in [3.8, 4) is 12.0 Å². The highest BCUT2D eigenvalue weighted by Gasteiger charge is 2.02. The third kappa shape index (κ3) is 9.92. The van der Waals surface area contributed by atoms with E-state index in [1.807, 2.05) is 6.11 Å². The Bertz CT molecular complexity index is 169. The predicted molar refractivity (Wildman–Crippen MR) is 65.0 cm³/mol. The molecule has 0 amide bonds. The largest absolute Gasteiger partial charge is 0.462 e. The summed E-state index contributed by atoms with van der Waals surface area (Å²) in [5, 5.41) is 8.28. The number of aliphatic hydroxyl groups excluding tert-OH is 1. The van der Waals surface area contributed by atoms with Gasteiger partial charge in [0, 0.05) is 11.2 Å². The molecule has 1 N–H and O–H groups in total. The summed E-state index contributed by atoms with van der Waals surface area (Å²) in [6.45, 7) is 2.24. The molecule has 1 nitrogen and oxygen atoms in total. The number of aliphatic hydroxyl groups is 1. The van der Waals surface area contributed by atoms with Gasteiger partial charge in [0.15, 0.2) is 0 Å². The summed E-state index contributed by atoms with van der Waals surface area (Å²) >= 11 is 3.63. The Balaban J connectivity index is 3.16. The first-order valence-corrected chi connectivity index (χ1v) is 6.48. The van der Waals surface area contributed by atoms with Gasteiger partial charge < -0.3 is 5.11 Å². The van der Waals surface area contributed by atoms with E-state index in [9.17, 15) is 0 Å². The fourth-order valence-electron chi connectivity index (χ4n) is 1.40. The van der Waals surface area contributed by atoms with E-state index in [4.69, 9.17) is 5.11 Å². The second kappa shape index (κ2) is 10.9. The van der Waals surface area contributed by atoms with Crippen LogP contribution in [0, 0.1) is 12.0 Å². The fraction of sp³-hybridized carbons (Fsp3) is 0.833. The van der Waals surface area contributed by atoms with Crippen molar-refractivity contribution in [1.82, 2.24) is 0 Å². The summed E-state index contributed by atoms with van der Waals surface area (Å²) in [7, 11) is 0. The standard InChI is InChI=1S/C12H21BrO/c1-2-3-4-5-6-9-12(13)10-7-8-11-14/h12,14H,2-7,9-10H2,1H3. The molecular formula is C12H21BrO. The van der Waals surface area contributed by atoms with Crippen molar-refractivity contribution in [2.75, 3.05) is 0 Å². The van der Waals surface area contributed by atoms with Crippen molar-refractivity contribution in [3.05, 3.63) is 0 Å². The maximum atomic E-state index is 8.28. The van der Waals surface area contributed by atoms with Crippen LogP contribution >= 0.6 is 15.9 Å². The van der Waals surface area contributed by atoms with Crippen LogP contribution in [0.4, 0.5) is 0 Å². The minimum Gasteiger partial charge on any atom is -0.462 e. The third-order valence-corrected chi connectivity index (χ3v) is 3.20. The minimum atomic E-state index is 0.574. The maximum absolute atomic E-state index is 8.28. The lowest BCUT2D eigenvalue weighted by Gasteiger charge is -2.06. The predicted octanol–water partition coefficient (Wildman–Crippen LogP) is 4.22. The number of hydrogen-bond acceptors (Lipinski definition) is 1. The summed E-state index contributed by atoms with van der Waals surface area (Å²) in [5.41, 5.74) is 0. The second-order valence-corrected chi connectivity index (χ2v) is 4.92. The van der Waals surface area contributed by atoms with Crippen molar-refractivity contribution < 1.29 is 5.11 Å². The Morgan fingerprint density at radius 2 is 1.86 bits per heavy atom. The van der Waals surface area contributed by atoms with Crippen molar-refractivity contribution in [2.45, 2.75) is 63.1 Å². The Labute approximate surface area is 96.4 Å². The molecule has 2 heteroatoms. The van der Waals surface area contributed by atoms with E-state index in [-0.39, 0.29) is 0 Å². The Morgan fingerprint density at radius 1 is 1.14 bits per heavy atom. The Morgan fingerprint density at radius 3 is 2.50 bits per heavy atom. The van der Waals surface area contributed by atoms with Gasteiger partial charge in [-0.25, -0.2) is 0 Å². The lowest BCUT2D eigenvalue weighted by atomic mass is 10.1. The van der Waals surface area contributed by atoms with Crippen LogP contribution in [0.1, 0.15) is 58.3 Å². The molecule has 0 heterocycles. The molecule has 0 aliphatic rings. The molecule has 0 aromatic heterocycles. The number of unbranched alkanes of at least 4 members (excludes halogenated alkanes) is 4. The zero-order valence-electron chi connectivity index (χ0n) is 9.06. The fourth-order valence-corrected chi connectivity index (χ4v) is 1.95. The van der Waals surface area contributed by atoms with Crippen LogP contribution in [-0.2, 0) is 0 Å². The van der Waals surface area contributed by atoms with E-state index >= 15 is 0 Å². The number of hydrogen-bond donors (Lipinski definition) is 1. The molecule has 0 fully saturated rings. The highest BCUT2D eigenvalue weighted by atomic mass is 79.9. The van der Waals surface area contributed by atoms with E-state index in [0.717, 1.165) is 12.8 Å². The van der Waals surface area contributed by atoms with Gasteiger partial charge in [0.05, 0.1) is 0 Å². The monoisotopic (exact) mass is 260 g/mol. The van der Waals surface area contributed by atoms with Gasteiger partial charge in [-0.2, -0.15) is 0 Å². The highest BCUT2D eigenvalue weighted by Crippen LogP contribution is 2.16. The molecule has 0 aliphatic carbocycles. The molecule has 1 atom stereocenters. The molecule has 0 aromatic rings.